The number of halogens is 1. The average molecular weight is 349 g/mol. The van der Waals surface area contributed by atoms with Gasteiger partial charge >= 0.3 is 0 Å². The van der Waals surface area contributed by atoms with Crippen LogP contribution >= 0.6 is 0 Å². The molecule has 4 nitrogen and oxygen atoms in total. The Hall–Kier alpha value is -1.62. The van der Waals surface area contributed by atoms with Crippen LogP contribution in [0.25, 0.3) is 0 Å². The van der Waals surface area contributed by atoms with E-state index in [4.69, 9.17) is 0 Å². The van der Waals surface area contributed by atoms with Gasteiger partial charge in [0.05, 0.1) is 0 Å². The van der Waals surface area contributed by atoms with E-state index in [1.54, 1.807) is 7.05 Å². The van der Waals surface area contributed by atoms with E-state index in [2.05, 4.69) is 27.0 Å². The van der Waals surface area contributed by atoms with Gasteiger partial charge in [-0.1, -0.05) is 18.6 Å². The van der Waals surface area contributed by atoms with E-state index in [0.29, 0.717) is 6.54 Å². The maximum absolute atomic E-state index is 13.0. The maximum atomic E-state index is 13.0. The highest BCUT2D eigenvalue weighted by Crippen LogP contribution is 2.16. The summed E-state index contributed by atoms with van der Waals surface area (Å²) >= 11 is 0. The van der Waals surface area contributed by atoms with Gasteiger partial charge in [-0.15, -0.1) is 0 Å². The first kappa shape index (κ1) is 19.7. The zero-order chi connectivity index (χ0) is 18.1. The molecule has 0 spiro atoms. The molecule has 0 aliphatic carbocycles. The predicted molar refractivity (Wildman–Crippen MR) is 103 cm³/mol. The Labute approximate surface area is 152 Å². The second-order valence-corrected chi connectivity index (χ2v) is 7.04. The highest BCUT2D eigenvalue weighted by atomic mass is 19.1. The van der Waals surface area contributed by atoms with Gasteiger partial charge in [0, 0.05) is 33.2 Å². The fourth-order valence-electron chi connectivity index (χ4n) is 3.45. The molecule has 1 saturated heterocycles. The topological polar surface area (TPSA) is 30.9 Å². The number of aliphatic imine (C=N–C) groups is 1. The van der Waals surface area contributed by atoms with Gasteiger partial charge in [-0.25, -0.2) is 4.39 Å². The molecule has 1 N–H and O–H groups in total. The molecule has 0 bridgehead atoms. The van der Waals surface area contributed by atoms with Crippen LogP contribution in [-0.4, -0.2) is 55.5 Å². The van der Waals surface area contributed by atoms with Crippen LogP contribution in [0.2, 0.25) is 0 Å². The third kappa shape index (κ3) is 6.65. The number of guanidine groups is 1. The van der Waals surface area contributed by atoms with Gasteiger partial charge in [0.15, 0.2) is 5.96 Å². The molecule has 1 atom stereocenters. The molecule has 1 heterocycles. The Bertz CT molecular complexity index is 529. The van der Waals surface area contributed by atoms with Crippen molar-refractivity contribution in [2.24, 2.45) is 4.99 Å². The highest BCUT2D eigenvalue weighted by Gasteiger charge is 2.17. The molecule has 0 saturated carbocycles. The summed E-state index contributed by atoms with van der Waals surface area (Å²) in [6, 6.07) is 7.39. The minimum absolute atomic E-state index is 0.197. The van der Waals surface area contributed by atoms with Crippen molar-refractivity contribution < 1.29 is 4.39 Å². The quantitative estimate of drug-likeness (QED) is 0.465. The number of unbranched alkanes of at least 4 members (excludes halogenated alkanes) is 1. The first-order chi connectivity index (χ1) is 12.1. The molecular weight excluding hydrogens is 315 g/mol. The molecule has 1 fully saturated rings. The first-order valence-corrected chi connectivity index (χ1v) is 9.50. The van der Waals surface area contributed by atoms with Gasteiger partial charge in [-0.2, -0.15) is 0 Å². The Kier molecular flexibility index (Phi) is 8.19. The van der Waals surface area contributed by atoms with Crippen LogP contribution in [0.4, 0.5) is 4.39 Å². The fourth-order valence-corrected chi connectivity index (χ4v) is 3.45. The van der Waals surface area contributed by atoms with Crippen LogP contribution in [0.1, 0.15) is 44.6 Å². The summed E-state index contributed by atoms with van der Waals surface area (Å²) in [5.41, 5.74) is 1.07. The number of benzene rings is 1. The summed E-state index contributed by atoms with van der Waals surface area (Å²) in [5, 5.41) is 3.43. The van der Waals surface area contributed by atoms with Crippen LogP contribution in [0, 0.1) is 5.82 Å². The Morgan fingerprint density at radius 3 is 2.72 bits per heavy atom. The van der Waals surface area contributed by atoms with Gasteiger partial charge in [0.2, 0.25) is 0 Å². The van der Waals surface area contributed by atoms with Crippen molar-refractivity contribution in [2.75, 3.05) is 33.7 Å². The molecule has 1 aliphatic heterocycles. The zero-order valence-corrected chi connectivity index (χ0v) is 16.0. The molecule has 1 aromatic carbocycles. The Morgan fingerprint density at radius 2 is 2.04 bits per heavy atom. The lowest BCUT2D eigenvalue weighted by Crippen LogP contribution is -2.40. The van der Waals surface area contributed by atoms with Crippen LogP contribution in [0.5, 0.6) is 0 Å². The fraction of sp³-hybridized carbons (Fsp3) is 0.650. The summed E-state index contributed by atoms with van der Waals surface area (Å²) in [4.78, 5) is 9.04. The van der Waals surface area contributed by atoms with Crippen molar-refractivity contribution in [1.82, 2.24) is 15.1 Å². The number of likely N-dealkylation sites (tertiary alicyclic amines) is 1. The molecule has 0 aromatic heterocycles. The maximum Gasteiger partial charge on any atom is 0.193 e. The van der Waals surface area contributed by atoms with E-state index < -0.39 is 0 Å². The Balaban J connectivity index is 1.66. The number of nitrogens with one attached hydrogen (secondary N) is 1. The van der Waals surface area contributed by atoms with Crippen LogP contribution in [-0.2, 0) is 6.54 Å². The number of nitrogens with zero attached hydrogens (tertiary/aromatic N) is 3. The minimum atomic E-state index is -0.197. The lowest BCUT2D eigenvalue weighted by Gasteiger charge is -2.33. The van der Waals surface area contributed by atoms with E-state index in [9.17, 15) is 4.39 Å². The second-order valence-electron chi connectivity index (χ2n) is 7.04. The third-order valence-corrected chi connectivity index (χ3v) is 5.00. The lowest BCUT2D eigenvalue weighted by molar-refractivity contribution is 0.158. The van der Waals surface area contributed by atoms with Crippen molar-refractivity contribution in [3.05, 3.63) is 35.6 Å². The van der Waals surface area contributed by atoms with E-state index >= 15 is 0 Å². The van der Waals surface area contributed by atoms with E-state index in [0.717, 1.165) is 30.5 Å². The summed E-state index contributed by atoms with van der Waals surface area (Å²) in [5.74, 6) is 0.688. The lowest BCUT2D eigenvalue weighted by atomic mass is 10.0. The van der Waals surface area contributed by atoms with Crippen LogP contribution < -0.4 is 5.32 Å². The van der Waals surface area contributed by atoms with Crippen LogP contribution in [0.15, 0.2) is 29.3 Å². The zero-order valence-electron chi connectivity index (χ0n) is 16.0. The van der Waals surface area contributed by atoms with E-state index in [1.807, 2.05) is 19.2 Å². The van der Waals surface area contributed by atoms with Crippen molar-refractivity contribution in [1.29, 1.82) is 0 Å². The smallest absolute Gasteiger partial charge is 0.193 e. The summed E-state index contributed by atoms with van der Waals surface area (Å²) < 4.78 is 13.0. The second kappa shape index (κ2) is 10.4. The number of hydrogen-bond acceptors (Lipinski definition) is 2. The largest absolute Gasteiger partial charge is 0.356 e. The monoisotopic (exact) mass is 348 g/mol. The molecule has 140 valence electrons. The standard InChI is InChI=1S/C20H33FN4/c1-17-8-4-6-14-25(17)15-7-5-13-23-20(22-2)24(3)16-18-9-11-19(21)12-10-18/h9-12,17H,4-8,13-16H2,1-3H3,(H,22,23). The SMILES string of the molecule is CN=C(NCCCCN1CCCCC1C)N(C)Cc1ccc(F)cc1. The molecule has 0 radical (unpaired) electrons. The molecule has 0 amide bonds. The predicted octanol–water partition coefficient (Wildman–Crippen LogP) is 3.49. The first-order valence-electron chi connectivity index (χ1n) is 9.50. The molecule has 1 aliphatic rings. The molecule has 25 heavy (non-hydrogen) atoms. The van der Waals surface area contributed by atoms with Gasteiger partial charge in [-0.3, -0.25) is 4.99 Å². The van der Waals surface area contributed by atoms with Gasteiger partial charge in [0.1, 0.15) is 5.82 Å². The number of hydrogen-bond donors (Lipinski definition) is 1. The van der Waals surface area contributed by atoms with E-state index in [-0.39, 0.29) is 5.82 Å². The summed E-state index contributed by atoms with van der Waals surface area (Å²) in [6.07, 6.45) is 6.45. The normalized spacial score (nSPS) is 19.0. The van der Waals surface area contributed by atoms with Crippen LogP contribution in [0.3, 0.4) is 0 Å². The summed E-state index contributed by atoms with van der Waals surface area (Å²) in [6.45, 7) is 6.46. The number of rotatable bonds is 7. The minimum Gasteiger partial charge on any atom is -0.356 e. The highest BCUT2D eigenvalue weighted by molar-refractivity contribution is 5.79. The van der Waals surface area contributed by atoms with Crippen molar-refractivity contribution in [3.8, 4) is 0 Å². The Morgan fingerprint density at radius 1 is 1.28 bits per heavy atom. The summed E-state index contributed by atoms with van der Waals surface area (Å²) in [7, 11) is 3.81. The van der Waals surface area contributed by atoms with Gasteiger partial charge in [-0.05, 0) is 63.4 Å². The molecule has 1 aromatic rings. The van der Waals surface area contributed by atoms with Crippen molar-refractivity contribution >= 4 is 5.96 Å². The molecule has 2 rings (SSSR count). The number of piperidine rings is 1. The molecular formula is C20H33FN4. The van der Waals surface area contributed by atoms with E-state index in [1.165, 1.54) is 50.9 Å². The van der Waals surface area contributed by atoms with Gasteiger partial charge in [0.25, 0.3) is 0 Å². The molecule has 1 unspecified atom stereocenters. The third-order valence-electron chi connectivity index (χ3n) is 5.00. The van der Waals surface area contributed by atoms with Crippen molar-refractivity contribution in [2.45, 2.75) is 51.6 Å². The average Bonchev–Trinajstić information content (AvgIpc) is 2.61. The van der Waals surface area contributed by atoms with Gasteiger partial charge < -0.3 is 15.1 Å². The molecule has 5 heteroatoms. The van der Waals surface area contributed by atoms with Crippen molar-refractivity contribution in [3.63, 3.8) is 0 Å².